The number of rotatable bonds is 1. The molecule has 0 aliphatic carbocycles. The first kappa shape index (κ1) is 102. The SMILES string of the molecule is C/C=C\C=C/C.CC.CC.CC.CC.CC.CC(C)(C)n1c2ccc3ccccc3c2c2c3ccccc3ccc21.CC(C)(C)n1c2ccccc2c2c3ccc4cccc5ccc(cc21)c3c54.CC(C)(C)n1c2ccccc2c2ccccc21.CC(C)(C)n1c2ccccc2c2ccccc21.CC(C)(C)n1c2ccccc2c2ccccc21.Cc1[c-]cccc1.[CH3-].[Y]. The van der Waals surface area contributed by atoms with Crippen molar-refractivity contribution in [2.75, 3.05) is 0 Å². The Hall–Kier alpha value is -11.3. The van der Waals surface area contributed by atoms with Gasteiger partial charge in [-0.25, -0.2) is 0 Å². The van der Waals surface area contributed by atoms with E-state index in [2.05, 4.69) is 424 Å². The van der Waals surface area contributed by atoms with Crippen LogP contribution in [0.25, 0.3) is 163 Å². The van der Waals surface area contributed by atoms with E-state index >= 15 is 0 Å². The fourth-order valence-corrected chi connectivity index (χ4v) is 17.9. The minimum Gasteiger partial charge on any atom is -0.358 e. The Bertz CT molecular complexity index is 6620. The van der Waals surface area contributed by atoms with E-state index in [9.17, 15) is 0 Å². The molecular formula is C122H143N5Y-2. The summed E-state index contributed by atoms with van der Waals surface area (Å²) < 4.78 is 12.3. The molecule has 128 heavy (non-hydrogen) atoms. The van der Waals surface area contributed by atoms with Crippen LogP contribution in [0.2, 0.25) is 0 Å². The van der Waals surface area contributed by atoms with E-state index in [1.807, 2.05) is 139 Å². The van der Waals surface area contributed by atoms with Crippen molar-refractivity contribution in [3.8, 4) is 0 Å². The smallest absolute Gasteiger partial charge is 0.0508 e. The molecule has 0 aliphatic heterocycles. The summed E-state index contributed by atoms with van der Waals surface area (Å²) in [4.78, 5) is 0. The van der Waals surface area contributed by atoms with E-state index in [4.69, 9.17) is 0 Å². The van der Waals surface area contributed by atoms with Crippen LogP contribution in [0.3, 0.4) is 0 Å². The number of hydrogen-bond acceptors (Lipinski definition) is 0. The molecule has 661 valence electrons. The van der Waals surface area contributed by atoms with Crippen molar-refractivity contribution in [1.29, 1.82) is 0 Å². The summed E-state index contributed by atoms with van der Waals surface area (Å²) in [5, 5.41) is 27.0. The number of benzene rings is 16. The van der Waals surface area contributed by atoms with Gasteiger partial charge in [0.15, 0.2) is 0 Å². The van der Waals surface area contributed by atoms with Crippen LogP contribution >= 0.6 is 0 Å². The van der Waals surface area contributed by atoms with Gasteiger partial charge in [-0.2, -0.15) is 35.9 Å². The molecule has 1 radical (unpaired) electrons. The molecule has 21 aromatic rings. The molecule has 5 heterocycles. The Morgan fingerprint density at radius 2 is 0.461 bits per heavy atom. The number of aryl methyl sites for hydroxylation is 1. The predicted molar refractivity (Wildman–Crippen MR) is 574 cm³/mol. The zero-order chi connectivity index (χ0) is 91.6. The van der Waals surface area contributed by atoms with Crippen molar-refractivity contribution in [3.05, 3.63) is 359 Å². The summed E-state index contributed by atoms with van der Waals surface area (Å²) in [5.41, 5.74) is 14.7. The van der Waals surface area contributed by atoms with Crippen LogP contribution in [0.15, 0.2) is 340 Å². The van der Waals surface area contributed by atoms with Gasteiger partial charge in [-0.15, -0.1) is 0 Å². The molecule has 16 aromatic carbocycles. The first-order valence-electron chi connectivity index (χ1n) is 46.2. The summed E-state index contributed by atoms with van der Waals surface area (Å²) in [6.45, 7) is 60.1. The minimum absolute atomic E-state index is 0. The molecule has 0 saturated heterocycles. The van der Waals surface area contributed by atoms with Crippen molar-refractivity contribution in [3.63, 3.8) is 0 Å². The second-order valence-electron chi connectivity index (χ2n) is 35.7. The van der Waals surface area contributed by atoms with Crippen LogP contribution in [-0.4, -0.2) is 22.8 Å². The quantitative estimate of drug-likeness (QED) is 0.0889. The summed E-state index contributed by atoms with van der Waals surface area (Å²) >= 11 is 0. The second kappa shape index (κ2) is 45.1. The standard InChI is InChI=1S/C26H21N.C24H21N.3C16H17N.C7H7.C6H10.5C2H6.CH3.Y/c1-26(2,3)27-21-10-5-4-9-19(21)25-20-14-13-17-8-6-7-16-11-12-18(15-22(25)27)24(20)23(16)17;1-24(2,3)25-20-14-12-16-8-4-6-10-18(16)22(20)23-19-11-7-5-9-17(19)13-15-21(23)25;3*1-16(2,3)17-14-10-6-4-8-12(14)13-9-5-7-11-15(13)17;1-7-5-3-2-4-6-7;1-3-5-6-4-2;5*1-2;;/h4-15H,1-3H3;4-15H,1-3H3;3*4-11H,1-3H3;2-5H,1H3;3-6H,1-2H3;5*1-2H3;1H3;/q;;;;;-1;;;;;;;-1;/b;;;;;;5-3-,6-4-;;;;;;;. The molecule has 0 spiro atoms. The van der Waals surface area contributed by atoms with E-state index in [-0.39, 0.29) is 67.8 Å². The monoisotopic (exact) mass is 1770 g/mol. The molecule has 5 nitrogen and oxygen atoms in total. The van der Waals surface area contributed by atoms with Crippen LogP contribution in [0, 0.1) is 20.4 Å². The van der Waals surface area contributed by atoms with Gasteiger partial charge in [0.2, 0.25) is 0 Å². The van der Waals surface area contributed by atoms with E-state index in [1.165, 1.54) is 168 Å². The molecular weight excluding hydrogens is 1620 g/mol. The summed E-state index contributed by atoms with van der Waals surface area (Å²) in [7, 11) is 0. The Balaban J connectivity index is 0.000000188. The second-order valence-corrected chi connectivity index (χ2v) is 35.7. The van der Waals surface area contributed by atoms with E-state index in [0.717, 1.165) is 0 Å². The number of para-hydroxylation sites is 7. The molecule has 6 heteroatoms. The van der Waals surface area contributed by atoms with Crippen molar-refractivity contribution < 1.29 is 32.7 Å². The average molecular weight is 1770 g/mol. The third-order valence-electron chi connectivity index (χ3n) is 22.3. The number of allylic oxidation sites excluding steroid dienone is 4. The summed E-state index contributed by atoms with van der Waals surface area (Å²) in [6, 6.07) is 116. The van der Waals surface area contributed by atoms with Gasteiger partial charge in [0.1, 0.15) is 0 Å². The van der Waals surface area contributed by atoms with Crippen molar-refractivity contribution in [2.45, 2.75) is 222 Å². The normalized spacial score (nSPS) is 11.4. The van der Waals surface area contributed by atoms with Crippen LogP contribution in [0.4, 0.5) is 0 Å². The molecule has 21 rings (SSSR count). The molecule has 0 N–H and O–H groups in total. The minimum atomic E-state index is 0. The van der Waals surface area contributed by atoms with Gasteiger partial charge < -0.3 is 30.3 Å². The molecule has 0 aliphatic rings. The molecule has 0 unspecified atom stereocenters. The zero-order valence-electron chi connectivity index (χ0n) is 82.6. The number of aromatic nitrogens is 5. The molecule has 0 atom stereocenters. The number of nitrogens with zero attached hydrogens (tertiary/aromatic N) is 5. The van der Waals surface area contributed by atoms with Crippen LogP contribution in [-0.2, 0) is 60.4 Å². The Labute approximate surface area is 792 Å². The third-order valence-corrected chi connectivity index (χ3v) is 22.3. The molecule has 0 bridgehead atoms. The van der Waals surface area contributed by atoms with Crippen LogP contribution < -0.4 is 0 Å². The molecule has 5 aromatic heterocycles. The third kappa shape index (κ3) is 21.5. The fourth-order valence-electron chi connectivity index (χ4n) is 17.9. The van der Waals surface area contributed by atoms with Crippen molar-refractivity contribution >= 4 is 163 Å². The van der Waals surface area contributed by atoms with Gasteiger partial charge in [0, 0.05) is 153 Å². The van der Waals surface area contributed by atoms with E-state index in [1.54, 1.807) is 0 Å². The first-order valence-corrected chi connectivity index (χ1v) is 46.2. The maximum Gasteiger partial charge on any atom is 0.0508 e. The topological polar surface area (TPSA) is 24.6 Å². The van der Waals surface area contributed by atoms with Gasteiger partial charge in [0.05, 0.1) is 16.6 Å². The molecule has 0 amide bonds. The van der Waals surface area contributed by atoms with Gasteiger partial charge >= 0.3 is 0 Å². The average Bonchev–Trinajstić information content (AvgIpc) is 1.53. The van der Waals surface area contributed by atoms with E-state index < -0.39 is 0 Å². The van der Waals surface area contributed by atoms with E-state index in [0.29, 0.717) is 0 Å². The summed E-state index contributed by atoms with van der Waals surface area (Å²) in [5.74, 6) is 0. The summed E-state index contributed by atoms with van der Waals surface area (Å²) in [6.07, 6.45) is 8.00. The van der Waals surface area contributed by atoms with Crippen LogP contribution in [0.1, 0.15) is 193 Å². The maximum atomic E-state index is 3.03. The maximum absolute atomic E-state index is 3.03. The Kier molecular flexibility index (Phi) is 35.9. The predicted octanol–water partition coefficient (Wildman–Crippen LogP) is 37.5. The number of fused-ring (bicyclic) bond motifs is 20. The van der Waals surface area contributed by atoms with Crippen molar-refractivity contribution in [1.82, 2.24) is 22.8 Å². The molecule has 0 fully saturated rings. The number of hydrogen-bond donors (Lipinski definition) is 0. The Morgan fingerprint density at radius 3 is 0.758 bits per heavy atom. The Morgan fingerprint density at radius 1 is 0.211 bits per heavy atom. The molecule has 0 saturated carbocycles. The van der Waals surface area contributed by atoms with Crippen LogP contribution in [0.5, 0.6) is 0 Å². The van der Waals surface area contributed by atoms with Gasteiger partial charge in [-0.3, -0.25) is 0 Å². The van der Waals surface area contributed by atoms with Gasteiger partial charge in [-0.1, -0.05) is 331 Å². The fraction of sp³-hybridized carbons (Fsp3) is 0.270. The van der Waals surface area contributed by atoms with Gasteiger partial charge in [-0.05, 0) is 232 Å². The van der Waals surface area contributed by atoms with Crippen molar-refractivity contribution in [2.24, 2.45) is 0 Å². The van der Waals surface area contributed by atoms with Gasteiger partial charge in [0.25, 0.3) is 0 Å². The largest absolute Gasteiger partial charge is 0.358 e. The first-order chi connectivity index (χ1) is 60.7. The zero-order valence-corrected chi connectivity index (χ0v) is 85.5.